The van der Waals surface area contributed by atoms with Crippen molar-refractivity contribution < 1.29 is 17.9 Å². The fourth-order valence-corrected chi connectivity index (χ4v) is 4.72. The first-order valence-corrected chi connectivity index (χ1v) is 10.9. The van der Waals surface area contributed by atoms with Gasteiger partial charge in [-0.15, -0.1) is 0 Å². The predicted molar refractivity (Wildman–Crippen MR) is 104 cm³/mol. The van der Waals surface area contributed by atoms with Gasteiger partial charge in [0.15, 0.2) is 6.61 Å². The number of fused-ring (bicyclic) bond motifs is 1. The van der Waals surface area contributed by atoms with Crippen molar-refractivity contribution in [2.24, 2.45) is 0 Å². The Kier molecular flexibility index (Phi) is 6.59. The van der Waals surface area contributed by atoms with Crippen LogP contribution in [0.15, 0.2) is 17.0 Å². The molecule has 1 aromatic rings. The molecule has 2 aliphatic heterocycles. The van der Waals surface area contributed by atoms with Gasteiger partial charge in [-0.25, -0.2) is 13.1 Å². The van der Waals surface area contributed by atoms with Gasteiger partial charge in [0.2, 0.25) is 10.0 Å². The molecule has 1 fully saturated rings. The van der Waals surface area contributed by atoms with Crippen LogP contribution >= 0.6 is 11.6 Å². The standard InChI is InChI=1S/C17H25ClN4O4S/c1-21-6-8-22(9-7-21)5-3-2-4-19-27(24,25)16-11-15-14(10-13(16)18)20-17(23)12-26-15/h10-11,19H,2-9,12H2,1H3,(H,20,23). The van der Waals surface area contributed by atoms with Crippen molar-refractivity contribution in [2.75, 3.05) is 58.2 Å². The molecule has 2 N–H and O–H groups in total. The summed E-state index contributed by atoms with van der Waals surface area (Å²) >= 11 is 6.11. The second-order valence-corrected chi connectivity index (χ2v) is 9.01. The Bertz CT molecular complexity index is 794. The molecule has 0 unspecified atom stereocenters. The van der Waals surface area contributed by atoms with E-state index < -0.39 is 10.0 Å². The number of unbranched alkanes of at least 4 members (excludes halogenated alkanes) is 1. The number of nitrogens with zero attached hydrogens (tertiary/aromatic N) is 2. The van der Waals surface area contributed by atoms with Crippen LogP contribution in [0.4, 0.5) is 5.69 Å². The van der Waals surface area contributed by atoms with Gasteiger partial charge >= 0.3 is 0 Å². The van der Waals surface area contributed by atoms with Gasteiger partial charge in [-0.3, -0.25) is 4.79 Å². The number of nitrogens with one attached hydrogen (secondary N) is 2. The molecule has 8 nitrogen and oxygen atoms in total. The number of rotatable bonds is 7. The number of amides is 1. The highest BCUT2D eigenvalue weighted by molar-refractivity contribution is 7.89. The van der Waals surface area contributed by atoms with Crippen molar-refractivity contribution in [3.63, 3.8) is 0 Å². The van der Waals surface area contributed by atoms with Gasteiger partial charge in [0.05, 0.1) is 10.7 Å². The number of carbonyl (C=O) groups is 1. The number of hydrogen-bond donors (Lipinski definition) is 2. The van der Waals surface area contributed by atoms with E-state index in [-0.39, 0.29) is 22.4 Å². The second-order valence-electron chi connectivity index (χ2n) is 6.87. The van der Waals surface area contributed by atoms with E-state index in [2.05, 4.69) is 26.9 Å². The van der Waals surface area contributed by atoms with Gasteiger partial charge in [0.25, 0.3) is 5.91 Å². The normalized spacial score (nSPS) is 18.7. The average molecular weight is 417 g/mol. The first-order valence-electron chi connectivity index (χ1n) is 9.02. The smallest absolute Gasteiger partial charge is 0.262 e. The lowest BCUT2D eigenvalue weighted by atomic mass is 10.2. The van der Waals surface area contributed by atoms with Crippen LogP contribution in [0.3, 0.4) is 0 Å². The lowest BCUT2D eigenvalue weighted by Gasteiger charge is -2.32. The summed E-state index contributed by atoms with van der Waals surface area (Å²) in [6, 6.07) is 2.75. The third-order valence-corrected chi connectivity index (χ3v) is 6.67. The maximum Gasteiger partial charge on any atom is 0.262 e. The van der Waals surface area contributed by atoms with E-state index in [1.807, 2.05) is 0 Å². The van der Waals surface area contributed by atoms with Gasteiger partial charge < -0.3 is 19.9 Å². The third kappa shape index (κ3) is 5.32. The number of sulfonamides is 1. The molecule has 0 spiro atoms. The highest BCUT2D eigenvalue weighted by atomic mass is 35.5. The molecule has 10 heteroatoms. The number of halogens is 1. The molecule has 0 atom stereocenters. The van der Waals surface area contributed by atoms with E-state index in [0.29, 0.717) is 18.0 Å². The first kappa shape index (κ1) is 20.3. The van der Waals surface area contributed by atoms with Crippen molar-refractivity contribution in [2.45, 2.75) is 17.7 Å². The number of likely N-dealkylation sites (N-methyl/N-ethyl adjacent to an activating group) is 1. The van der Waals surface area contributed by atoms with Crippen molar-refractivity contribution in [1.29, 1.82) is 0 Å². The van der Waals surface area contributed by atoms with Crippen LogP contribution in [-0.2, 0) is 14.8 Å². The van der Waals surface area contributed by atoms with Gasteiger partial charge in [0.1, 0.15) is 10.6 Å². The van der Waals surface area contributed by atoms with Crippen LogP contribution in [0.2, 0.25) is 5.02 Å². The number of piperazine rings is 1. The lowest BCUT2D eigenvalue weighted by molar-refractivity contribution is -0.118. The van der Waals surface area contributed by atoms with Crippen molar-refractivity contribution >= 4 is 33.2 Å². The SMILES string of the molecule is CN1CCN(CCCCNS(=O)(=O)c2cc3c(cc2Cl)NC(=O)CO3)CC1. The molecule has 1 aromatic carbocycles. The molecular weight excluding hydrogens is 392 g/mol. The highest BCUT2D eigenvalue weighted by Crippen LogP contribution is 2.35. The molecular formula is C17H25ClN4O4S. The molecule has 0 aliphatic carbocycles. The van der Waals surface area contributed by atoms with E-state index in [4.69, 9.17) is 16.3 Å². The summed E-state index contributed by atoms with van der Waals surface area (Å²) in [7, 11) is -1.62. The molecule has 27 heavy (non-hydrogen) atoms. The Balaban J connectivity index is 1.50. The summed E-state index contributed by atoms with van der Waals surface area (Å²) < 4.78 is 33.0. The molecule has 2 aliphatic rings. The molecule has 1 amide bonds. The minimum atomic E-state index is -3.75. The number of carbonyl (C=O) groups excluding carboxylic acids is 1. The molecule has 150 valence electrons. The van der Waals surface area contributed by atoms with Gasteiger partial charge in [-0.05, 0) is 32.5 Å². The Morgan fingerprint density at radius 3 is 2.70 bits per heavy atom. The summed E-state index contributed by atoms with van der Waals surface area (Å²) in [5, 5.41) is 2.65. The molecule has 0 aromatic heterocycles. The molecule has 3 rings (SSSR count). The Labute approximate surface area is 164 Å². The van der Waals surface area contributed by atoms with E-state index in [1.165, 1.54) is 12.1 Å². The Morgan fingerprint density at radius 2 is 1.96 bits per heavy atom. The van der Waals surface area contributed by atoms with Gasteiger partial charge in [-0.2, -0.15) is 0 Å². The van der Waals surface area contributed by atoms with Crippen molar-refractivity contribution in [3.8, 4) is 5.75 Å². The Hall–Kier alpha value is -1.39. The van der Waals surface area contributed by atoms with Crippen LogP contribution in [0.25, 0.3) is 0 Å². The van der Waals surface area contributed by atoms with Crippen LogP contribution in [0.1, 0.15) is 12.8 Å². The highest BCUT2D eigenvalue weighted by Gasteiger charge is 2.24. The zero-order valence-corrected chi connectivity index (χ0v) is 16.9. The minimum Gasteiger partial charge on any atom is -0.482 e. The summed E-state index contributed by atoms with van der Waals surface area (Å²) in [5.41, 5.74) is 0.377. The summed E-state index contributed by atoms with van der Waals surface area (Å²) in [5.74, 6) is 0.00194. The summed E-state index contributed by atoms with van der Waals surface area (Å²) in [6.07, 6.45) is 1.68. The van der Waals surface area contributed by atoms with E-state index in [1.54, 1.807) is 0 Å². The number of anilines is 1. The quantitative estimate of drug-likeness (QED) is 0.644. The number of hydrogen-bond acceptors (Lipinski definition) is 6. The van der Waals surface area contributed by atoms with Crippen LogP contribution in [-0.4, -0.2) is 77.0 Å². The molecule has 2 heterocycles. The first-order chi connectivity index (χ1) is 12.8. The van der Waals surface area contributed by atoms with Gasteiger partial charge in [-0.1, -0.05) is 11.6 Å². The van der Waals surface area contributed by atoms with Crippen LogP contribution in [0.5, 0.6) is 5.75 Å². The number of ether oxygens (including phenoxy) is 1. The third-order valence-electron chi connectivity index (χ3n) is 4.75. The molecule has 1 saturated heterocycles. The number of benzene rings is 1. The van der Waals surface area contributed by atoms with Crippen LogP contribution < -0.4 is 14.8 Å². The Morgan fingerprint density at radius 1 is 1.22 bits per heavy atom. The maximum absolute atomic E-state index is 12.5. The minimum absolute atomic E-state index is 0.0434. The zero-order valence-electron chi connectivity index (χ0n) is 15.3. The van der Waals surface area contributed by atoms with E-state index >= 15 is 0 Å². The maximum atomic E-state index is 12.5. The average Bonchev–Trinajstić information content (AvgIpc) is 2.62. The summed E-state index contributed by atoms with van der Waals surface area (Å²) in [4.78, 5) is 16.0. The monoisotopic (exact) mass is 416 g/mol. The fraction of sp³-hybridized carbons (Fsp3) is 0.588. The van der Waals surface area contributed by atoms with Gasteiger partial charge in [0, 0.05) is 38.8 Å². The largest absolute Gasteiger partial charge is 0.482 e. The lowest BCUT2D eigenvalue weighted by Crippen LogP contribution is -2.44. The topological polar surface area (TPSA) is 91.0 Å². The fourth-order valence-electron chi connectivity index (χ4n) is 3.10. The predicted octanol–water partition coefficient (Wildman–Crippen LogP) is 0.977. The molecule has 0 radical (unpaired) electrons. The molecule has 0 bridgehead atoms. The summed E-state index contributed by atoms with van der Waals surface area (Å²) in [6.45, 7) is 5.45. The molecule has 0 saturated carbocycles. The van der Waals surface area contributed by atoms with E-state index in [9.17, 15) is 13.2 Å². The second kappa shape index (κ2) is 8.74. The van der Waals surface area contributed by atoms with Crippen LogP contribution in [0, 0.1) is 0 Å². The zero-order chi connectivity index (χ0) is 19.4. The van der Waals surface area contributed by atoms with Crippen molar-refractivity contribution in [3.05, 3.63) is 17.2 Å². The van der Waals surface area contributed by atoms with E-state index in [0.717, 1.165) is 45.6 Å². The van der Waals surface area contributed by atoms with Crippen molar-refractivity contribution in [1.82, 2.24) is 14.5 Å².